The number of nitrogens with zero attached hydrogens (tertiary/aromatic N) is 7. The molecule has 0 radical (unpaired) electrons. The summed E-state index contributed by atoms with van der Waals surface area (Å²) >= 11 is 0. The number of anilines is 5. The van der Waals surface area contributed by atoms with Crippen LogP contribution in [0.25, 0.3) is 0 Å². The molecule has 7 aliphatic rings. The number of carbonyl (C=O) groups is 4. The van der Waals surface area contributed by atoms with Crippen molar-refractivity contribution >= 4 is 73.5 Å². The minimum atomic E-state index is -3.97. The minimum Gasteiger partial charge on any atom is -0.378 e. The molecule has 0 saturated heterocycles. The van der Waals surface area contributed by atoms with Crippen LogP contribution in [-0.2, 0) is 42.0 Å². The van der Waals surface area contributed by atoms with E-state index in [1.54, 1.807) is 21.9 Å². The van der Waals surface area contributed by atoms with Crippen LogP contribution >= 0.6 is 0 Å². The standard InChI is InChI=1S/C60H73N11O6S/c1-67(2)51-27-15-49(16-28-51)65-66-50-17-29-56(30-18-50)78(76,77)64-38-34-60(75)71-42-6-5-41-70(59(74)33-37-63)54-23-9-46(10-24-54)43-45-7-19-52(20-8-45)68(57(72)31-35-61)39-3-4-40-69(58(73)32-36-62)53-21-11-47(12-22-53)44-48-13-25-55(71)26-14-48/h7-30,64H,3-6,31-44,61-63H2,1-2H3/p+3. The van der Waals surface area contributed by atoms with Crippen molar-refractivity contribution in [3.05, 3.63) is 168 Å². The van der Waals surface area contributed by atoms with Crippen LogP contribution in [0.15, 0.2) is 161 Å². The number of quaternary nitrogens is 3. The number of amides is 4. The molecule has 10 N–H and O–H groups in total. The van der Waals surface area contributed by atoms with E-state index in [9.17, 15) is 27.6 Å². The van der Waals surface area contributed by atoms with E-state index in [2.05, 4.69) is 32.2 Å². The van der Waals surface area contributed by atoms with Crippen LogP contribution in [0.2, 0.25) is 0 Å². The lowest BCUT2D eigenvalue weighted by atomic mass is 10.0. The highest BCUT2D eigenvalue weighted by atomic mass is 32.2. The number of azo groups is 1. The quantitative estimate of drug-likeness (QED) is 0.0918. The molecule has 7 heterocycles. The molecule has 18 heteroatoms. The zero-order valence-corrected chi connectivity index (χ0v) is 46.0. The molecule has 7 aliphatic heterocycles. The van der Waals surface area contributed by atoms with E-state index in [1.165, 1.54) is 12.1 Å². The number of hydrogen-bond acceptors (Lipinski definition) is 9. The maximum atomic E-state index is 14.2. The molecule has 13 rings (SSSR count). The largest absolute Gasteiger partial charge is 0.378 e. The Morgan fingerprint density at radius 2 is 0.744 bits per heavy atom. The highest BCUT2D eigenvalue weighted by molar-refractivity contribution is 7.89. The Morgan fingerprint density at radius 3 is 1.04 bits per heavy atom. The maximum Gasteiger partial charge on any atom is 0.240 e. The molecular formula is C60H76N11O6S+3. The van der Waals surface area contributed by atoms with Gasteiger partial charge >= 0.3 is 0 Å². The molecule has 0 atom stereocenters. The molecule has 17 nitrogen and oxygen atoms in total. The number of carbonyl (C=O) groups excluding carboxylic acids is 4. The van der Waals surface area contributed by atoms with Crippen molar-refractivity contribution < 1.29 is 44.8 Å². The number of nitrogens with one attached hydrogen (secondary N) is 1. The molecule has 78 heavy (non-hydrogen) atoms. The molecule has 0 aliphatic carbocycles. The van der Waals surface area contributed by atoms with E-state index in [1.807, 2.05) is 150 Å². The summed E-state index contributed by atoms with van der Waals surface area (Å²) in [4.78, 5) is 63.9. The molecular weight excluding hydrogens is 1000 g/mol. The third kappa shape index (κ3) is 16.5. The van der Waals surface area contributed by atoms with Gasteiger partial charge in [-0.2, -0.15) is 10.2 Å². The van der Waals surface area contributed by atoms with Gasteiger partial charge in [0.05, 0.1) is 55.2 Å². The van der Waals surface area contributed by atoms with Crippen LogP contribution < -0.4 is 46.4 Å². The van der Waals surface area contributed by atoms with Crippen LogP contribution in [0, 0.1) is 0 Å². The summed E-state index contributed by atoms with van der Waals surface area (Å²) in [5.74, 6) is -0.277. The smallest absolute Gasteiger partial charge is 0.240 e. The Kier molecular flexibility index (Phi) is 21.4. The SMILES string of the molecule is CN(C)c1ccc(N=Nc2ccc(S(=O)(=O)NCCC(=O)N3CCCCN(C(=O)CC[NH3+])c4ccc(cc4)Cc4ccc(cc4)N(C(=O)CC[NH3+])CCCCN(C(=O)CC[NH3+])c4ccc(cc4)Cc4ccc3cc4)cc2)cc1. The first-order valence-electron chi connectivity index (χ1n) is 27.0. The summed E-state index contributed by atoms with van der Waals surface area (Å²) in [6.07, 6.45) is 4.63. The van der Waals surface area contributed by atoms with E-state index in [-0.39, 0.29) is 47.9 Å². The van der Waals surface area contributed by atoms with Crippen molar-refractivity contribution in [1.29, 1.82) is 0 Å². The van der Waals surface area contributed by atoms with E-state index in [0.29, 0.717) is 114 Å². The van der Waals surface area contributed by atoms with Gasteiger partial charge in [-0.1, -0.05) is 48.5 Å². The zero-order valence-electron chi connectivity index (χ0n) is 45.2. The summed E-state index contributed by atoms with van der Waals surface area (Å²) in [7, 11) is -0.0537. The van der Waals surface area contributed by atoms with Crippen LogP contribution in [0.5, 0.6) is 0 Å². The Labute approximate surface area is 459 Å². The summed E-state index contributed by atoms with van der Waals surface area (Å²) in [6.45, 7) is 3.07. The van der Waals surface area contributed by atoms with E-state index in [0.717, 1.165) is 45.0 Å². The Bertz CT molecular complexity index is 3050. The van der Waals surface area contributed by atoms with Gasteiger partial charge in [0.2, 0.25) is 33.7 Å². The molecule has 4 amide bonds. The highest BCUT2D eigenvalue weighted by Crippen LogP contribution is 2.27. The molecule has 0 unspecified atom stereocenters. The van der Waals surface area contributed by atoms with Crippen molar-refractivity contribution in [2.75, 3.05) is 91.0 Å². The number of hydrogen-bond donors (Lipinski definition) is 4. The maximum absolute atomic E-state index is 14.2. The Hall–Kier alpha value is -7.61. The molecule has 6 aromatic rings. The van der Waals surface area contributed by atoms with Crippen LogP contribution in [0.1, 0.15) is 73.6 Å². The van der Waals surface area contributed by atoms with Crippen molar-refractivity contribution in [1.82, 2.24) is 4.72 Å². The highest BCUT2D eigenvalue weighted by Gasteiger charge is 2.22. The minimum absolute atomic E-state index is 0.00121. The fraction of sp³-hybridized carbons (Fsp3) is 0.333. The molecule has 8 bridgehead atoms. The summed E-state index contributed by atoms with van der Waals surface area (Å²) in [5, 5.41) is 8.54. The fourth-order valence-corrected chi connectivity index (χ4v) is 10.3. The van der Waals surface area contributed by atoms with Gasteiger partial charge in [0, 0.05) is 81.7 Å². The first-order valence-corrected chi connectivity index (χ1v) is 28.5. The molecule has 0 aromatic heterocycles. The van der Waals surface area contributed by atoms with Gasteiger partial charge in [0.25, 0.3) is 0 Å². The lowest BCUT2D eigenvalue weighted by Gasteiger charge is -2.26. The van der Waals surface area contributed by atoms with Crippen LogP contribution in [-0.4, -0.2) is 98.5 Å². The van der Waals surface area contributed by atoms with Crippen molar-refractivity contribution in [2.24, 2.45) is 10.2 Å². The van der Waals surface area contributed by atoms with Gasteiger partial charge in [-0.25, -0.2) is 13.1 Å². The molecule has 0 saturated carbocycles. The Balaban J connectivity index is 1.09. The van der Waals surface area contributed by atoms with E-state index < -0.39 is 10.0 Å². The summed E-state index contributed by atoms with van der Waals surface area (Å²) in [6, 6.07) is 45.5. The van der Waals surface area contributed by atoms with Crippen LogP contribution in [0.3, 0.4) is 0 Å². The normalized spacial score (nSPS) is 14.1. The third-order valence-electron chi connectivity index (χ3n) is 13.6. The van der Waals surface area contributed by atoms with Crippen molar-refractivity contribution in [3.8, 4) is 0 Å². The summed E-state index contributed by atoms with van der Waals surface area (Å²) in [5.41, 5.74) is 21.2. The number of rotatable bonds is 14. The monoisotopic (exact) mass is 1080 g/mol. The second-order valence-electron chi connectivity index (χ2n) is 19.7. The first kappa shape index (κ1) is 58.1. The molecule has 0 spiro atoms. The predicted molar refractivity (Wildman–Crippen MR) is 308 cm³/mol. The second-order valence-corrected chi connectivity index (χ2v) is 21.4. The van der Waals surface area contributed by atoms with Gasteiger partial charge in [0.15, 0.2) is 0 Å². The summed E-state index contributed by atoms with van der Waals surface area (Å²) < 4.78 is 29.5. The van der Waals surface area contributed by atoms with Gasteiger partial charge in [-0.05, 0) is 158 Å². The van der Waals surface area contributed by atoms with Gasteiger partial charge in [-0.3, -0.25) is 19.2 Å². The number of benzene rings is 6. The van der Waals surface area contributed by atoms with Crippen LogP contribution in [0.4, 0.5) is 39.8 Å². The zero-order chi connectivity index (χ0) is 55.4. The van der Waals surface area contributed by atoms with Gasteiger partial charge < -0.3 is 41.7 Å². The van der Waals surface area contributed by atoms with Gasteiger partial charge in [0.1, 0.15) is 0 Å². The van der Waals surface area contributed by atoms with E-state index in [4.69, 9.17) is 0 Å². The lowest BCUT2D eigenvalue weighted by molar-refractivity contribution is -0.366. The fourth-order valence-electron chi connectivity index (χ4n) is 9.31. The average Bonchev–Trinajstić information content (AvgIpc) is 3.43. The molecule has 0 fully saturated rings. The van der Waals surface area contributed by atoms with Crippen molar-refractivity contribution in [3.63, 3.8) is 0 Å². The molecule has 6 aromatic carbocycles. The van der Waals surface area contributed by atoms with Gasteiger partial charge in [-0.15, -0.1) is 0 Å². The van der Waals surface area contributed by atoms with Crippen molar-refractivity contribution in [2.45, 2.75) is 69.1 Å². The topological polar surface area (TPSA) is 238 Å². The second kappa shape index (κ2) is 28.7. The van der Waals surface area contributed by atoms with E-state index >= 15 is 0 Å². The predicted octanol–water partition coefficient (Wildman–Crippen LogP) is 6.22. The average molecular weight is 1080 g/mol. The Morgan fingerprint density at radius 1 is 0.449 bits per heavy atom. The lowest BCUT2D eigenvalue weighted by Crippen LogP contribution is -2.52. The third-order valence-corrected chi connectivity index (χ3v) is 15.1. The first-order chi connectivity index (χ1) is 37.7. The molecule has 410 valence electrons. The number of sulfonamides is 1.